The van der Waals surface area contributed by atoms with Crippen LogP contribution in [0.4, 0.5) is 8.78 Å². The van der Waals surface area contributed by atoms with Crippen LogP contribution in [0, 0.1) is 11.6 Å². The van der Waals surface area contributed by atoms with Crippen molar-refractivity contribution in [2.24, 2.45) is 0 Å². The van der Waals surface area contributed by atoms with Gasteiger partial charge in [0.15, 0.2) is 0 Å². The fourth-order valence-electron chi connectivity index (χ4n) is 5.57. The molecule has 3 unspecified atom stereocenters. The summed E-state index contributed by atoms with van der Waals surface area (Å²) in [6, 6.07) is 18.5. The summed E-state index contributed by atoms with van der Waals surface area (Å²) in [5.74, 6) is -0.694. The van der Waals surface area contributed by atoms with Gasteiger partial charge in [0, 0.05) is 17.7 Å². The Morgan fingerprint density at radius 1 is 0.974 bits per heavy atom. The Morgan fingerprint density at radius 3 is 2.55 bits per heavy atom. The van der Waals surface area contributed by atoms with Crippen molar-refractivity contribution >= 4 is 34.0 Å². The minimum absolute atomic E-state index is 0. The minimum Gasteiger partial charge on any atom is -0.508 e. The first-order chi connectivity index (χ1) is 18.0. The summed E-state index contributed by atoms with van der Waals surface area (Å²) in [5.41, 5.74) is 2.41. The topological polar surface area (TPSA) is 58.6 Å². The van der Waals surface area contributed by atoms with Crippen molar-refractivity contribution in [2.45, 2.75) is 41.9 Å². The quantitative estimate of drug-likeness (QED) is 0.277. The molecule has 0 aliphatic carbocycles. The zero-order chi connectivity index (χ0) is 25.5. The molecule has 0 spiro atoms. The number of rotatable bonds is 5. The van der Waals surface area contributed by atoms with E-state index in [9.17, 15) is 18.1 Å². The third-order valence-corrected chi connectivity index (χ3v) is 9.10. The first kappa shape index (κ1) is 26.6. The van der Waals surface area contributed by atoms with Crippen LogP contribution in [0.15, 0.2) is 71.6 Å². The highest BCUT2D eigenvalue weighted by molar-refractivity contribution is 7.85. The van der Waals surface area contributed by atoms with E-state index in [1.165, 1.54) is 25.3 Å². The maximum atomic E-state index is 15.0. The maximum absolute atomic E-state index is 15.0. The van der Waals surface area contributed by atoms with Crippen LogP contribution in [-0.2, 0) is 10.8 Å². The molecule has 198 valence electrons. The standard InChI is InChI=1S/C30H27F2NO3S.ClH/c31-20-16-26-25-10-6-19-15-22(34)7-11-24(19)28(25)29(37(35)30(26)27(32)17-20)18-4-8-23(9-5-18)36-14-12-21-3-1-2-13-33-21;/h4-11,15-17,21,29,33-34H,1-3,12-14H2;1H. The van der Waals surface area contributed by atoms with Gasteiger partial charge in [-0.3, -0.25) is 4.21 Å². The minimum atomic E-state index is -1.82. The van der Waals surface area contributed by atoms with E-state index in [-0.39, 0.29) is 23.1 Å². The molecule has 0 bridgehead atoms. The number of nitrogens with one attached hydrogen (secondary N) is 1. The molecule has 0 saturated carbocycles. The normalized spacial score (nSPS) is 20.3. The number of hydrogen-bond donors (Lipinski definition) is 2. The first-order valence-corrected chi connectivity index (χ1v) is 13.8. The molecule has 4 aromatic carbocycles. The number of fused-ring (bicyclic) bond motifs is 5. The third kappa shape index (κ3) is 4.91. The Balaban J connectivity index is 0.00000294. The molecule has 1 saturated heterocycles. The molecular formula is C30H28ClF2NO3S. The van der Waals surface area contributed by atoms with Crippen molar-refractivity contribution in [3.05, 3.63) is 89.5 Å². The molecule has 2 N–H and O–H groups in total. The smallest absolute Gasteiger partial charge is 0.142 e. The number of ether oxygens (including phenoxy) is 1. The number of benzene rings is 4. The molecule has 0 radical (unpaired) electrons. The number of phenols is 1. The average Bonchev–Trinajstić information content (AvgIpc) is 2.89. The van der Waals surface area contributed by atoms with E-state index in [0.717, 1.165) is 46.7 Å². The Bertz CT molecular complexity index is 1510. The van der Waals surface area contributed by atoms with Gasteiger partial charge in [-0.1, -0.05) is 36.8 Å². The number of halogens is 3. The fraction of sp³-hybridized carbons (Fsp3) is 0.267. The van der Waals surface area contributed by atoms with Crippen LogP contribution < -0.4 is 10.1 Å². The molecule has 38 heavy (non-hydrogen) atoms. The van der Waals surface area contributed by atoms with E-state index >= 15 is 0 Å². The molecule has 2 aliphatic rings. The molecular weight excluding hydrogens is 528 g/mol. The van der Waals surface area contributed by atoms with E-state index in [0.29, 0.717) is 23.8 Å². The van der Waals surface area contributed by atoms with Gasteiger partial charge in [0.2, 0.25) is 0 Å². The monoisotopic (exact) mass is 555 g/mol. The van der Waals surface area contributed by atoms with Gasteiger partial charge in [0.1, 0.15) is 23.1 Å². The van der Waals surface area contributed by atoms with Gasteiger partial charge in [-0.2, -0.15) is 0 Å². The van der Waals surface area contributed by atoms with Crippen molar-refractivity contribution in [1.29, 1.82) is 0 Å². The largest absolute Gasteiger partial charge is 0.508 e. The predicted octanol–water partition coefficient (Wildman–Crippen LogP) is 7.03. The molecule has 4 nitrogen and oxygen atoms in total. The number of aromatic hydroxyl groups is 1. The van der Waals surface area contributed by atoms with Gasteiger partial charge in [-0.15, -0.1) is 12.4 Å². The SMILES string of the molecule is Cl.O=S1c2c(F)cc(F)cc2-c2ccc3cc(O)ccc3c2C1c1ccc(OCCC2CCCCN2)cc1. The lowest BCUT2D eigenvalue weighted by atomic mass is 9.89. The van der Waals surface area contributed by atoms with Gasteiger partial charge in [0.05, 0.1) is 27.6 Å². The van der Waals surface area contributed by atoms with Gasteiger partial charge >= 0.3 is 0 Å². The van der Waals surface area contributed by atoms with Crippen LogP contribution in [-0.4, -0.2) is 28.5 Å². The van der Waals surface area contributed by atoms with Crippen LogP contribution in [0.2, 0.25) is 0 Å². The lowest BCUT2D eigenvalue weighted by molar-refractivity contribution is 0.268. The summed E-state index contributed by atoms with van der Waals surface area (Å²) in [4.78, 5) is 0.0114. The zero-order valence-electron chi connectivity index (χ0n) is 20.6. The van der Waals surface area contributed by atoms with Crippen LogP contribution in [0.25, 0.3) is 21.9 Å². The van der Waals surface area contributed by atoms with Crippen molar-refractivity contribution < 1.29 is 22.8 Å². The lowest BCUT2D eigenvalue weighted by Gasteiger charge is -2.29. The third-order valence-electron chi connectivity index (χ3n) is 7.35. The maximum Gasteiger partial charge on any atom is 0.142 e. The van der Waals surface area contributed by atoms with Crippen molar-refractivity contribution in [2.75, 3.05) is 13.2 Å². The van der Waals surface area contributed by atoms with Crippen molar-refractivity contribution in [3.63, 3.8) is 0 Å². The highest BCUT2D eigenvalue weighted by Gasteiger charge is 2.36. The summed E-state index contributed by atoms with van der Waals surface area (Å²) < 4.78 is 49.1. The molecule has 8 heteroatoms. The van der Waals surface area contributed by atoms with E-state index in [4.69, 9.17) is 4.74 Å². The highest BCUT2D eigenvalue weighted by Crippen LogP contribution is 2.49. The van der Waals surface area contributed by atoms with E-state index in [2.05, 4.69) is 5.32 Å². The Morgan fingerprint density at radius 2 is 1.79 bits per heavy atom. The molecule has 1 fully saturated rings. The molecule has 3 atom stereocenters. The molecule has 4 aromatic rings. The average molecular weight is 556 g/mol. The number of hydrogen-bond acceptors (Lipinski definition) is 4. The Kier molecular flexibility index (Phi) is 7.70. The Hall–Kier alpha value is -3.00. The summed E-state index contributed by atoms with van der Waals surface area (Å²) in [6.45, 7) is 1.66. The van der Waals surface area contributed by atoms with Gasteiger partial charge in [0.25, 0.3) is 0 Å². The molecule has 0 amide bonds. The lowest BCUT2D eigenvalue weighted by Crippen LogP contribution is -2.35. The van der Waals surface area contributed by atoms with Crippen molar-refractivity contribution in [1.82, 2.24) is 5.32 Å². The summed E-state index contributed by atoms with van der Waals surface area (Å²) in [7, 11) is -1.82. The molecule has 6 rings (SSSR count). The number of piperidine rings is 1. The summed E-state index contributed by atoms with van der Waals surface area (Å²) in [6.07, 6.45) is 4.58. The van der Waals surface area contributed by atoms with Crippen molar-refractivity contribution in [3.8, 4) is 22.6 Å². The second kappa shape index (κ2) is 11.0. The van der Waals surface area contributed by atoms with Crippen LogP contribution in [0.3, 0.4) is 0 Å². The van der Waals surface area contributed by atoms with Crippen LogP contribution >= 0.6 is 12.4 Å². The molecule has 0 aromatic heterocycles. The van der Waals surface area contributed by atoms with Gasteiger partial charge < -0.3 is 15.2 Å². The molecule has 2 aliphatic heterocycles. The first-order valence-electron chi connectivity index (χ1n) is 12.6. The van der Waals surface area contributed by atoms with Crippen LogP contribution in [0.1, 0.15) is 42.1 Å². The highest BCUT2D eigenvalue weighted by atomic mass is 35.5. The van der Waals surface area contributed by atoms with Gasteiger partial charge in [-0.05, 0) is 83.6 Å². The van der Waals surface area contributed by atoms with Gasteiger partial charge in [-0.25, -0.2) is 8.78 Å². The second-order valence-corrected chi connectivity index (χ2v) is 11.2. The van der Waals surface area contributed by atoms with E-state index in [1.807, 2.05) is 30.3 Å². The van der Waals surface area contributed by atoms with E-state index < -0.39 is 27.7 Å². The summed E-state index contributed by atoms with van der Waals surface area (Å²) in [5, 5.41) is 14.4. The predicted molar refractivity (Wildman–Crippen MR) is 149 cm³/mol. The zero-order valence-corrected chi connectivity index (χ0v) is 22.2. The van der Waals surface area contributed by atoms with E-state index in [1.54, 1.807) is 24.3 Å². The van der Waals surface area contributed by atoms with Crippen LogP contribution in [0.5, 0.6) is 11.5 Å². The molecule has 2 heterocycles. The summed E-state index contributed by atoms with van der Waals surface area (Å²) >= 11 is 0. The number of phenolic OH excluding ortho intramolecular Hbond substituents is 1. The second-order valence-electron chi connectivity index (χ2n) is 9.73. The Labute approximate surface area is 228 Å². The fourth-order valence-corrected chi connectivity index (χ4v) is 7.31.